The largest absolute Gasteiger partial charge is 0.288 e. The number of benzene rings is 1. The molecule has 0 aliphatic heterocycles. The number of halogens is 1. The van der Waals surface area contributed by atoms with Gasteiger partial charge >= 0.3 is 0 Å². The average Bonchev–Trinajstić information content (AvgIpc) is 3.34. The number of carbonyl (C=O) groups excluding carboxylic acids is 2. The summed E-state index contributed by atoms with van der Waals surface area (Å²) in [5.74, 6) is -0.706. The van der Waals surface area contributed by atoms with Crippen LogP contribution in [-0.4, -0.2) is 16.8 Å². The van der Waals surface area contributed by atoms with Gasteiger partial charge in [-0.25, -0.2) is 0 Å². The van der Waals surface area contributed by atoms with Gasteiger partial charge in [-0.3, -0.25) is 25.4 Å². The van der Waals surface area contributed by atoms with E-state index >= 15 is 0 Å². The van der Waals surface area contributed by atoms with Crippen LogP contribution < -0.4 is 10.9 Å². The number of hydrogen-bond acceptors (Lipinski definition) is 3. The van der Waals surface area contributed by atoms with Gasteiger partial charge in [0.25, 0.3) is 5.91 Å². The molecule has 1 aliphatic carbocycles. The highest BCUT2D eigenvalue weighted by atomic mass is 35.5. The van der Waals surface area contributed by atoms with Gasteiger partial charge in [-0.15, -0.1) is 0 Å². The normalized spacial score (nSPS) is 19.3. The lowest BCUT2D eigenvalue weighted by Crippen LogP contribution is -2.42. The van der Waals surface area contributed by atoms with Crippen molar-refractivity contribution in [2.24, 2.45) is 5.92 Å². The van der Waals surface area contributed by atoms with Crippen LogP contribution in [0.25, 0.3) is 0 Å². The lowest BCUT2D eigenvalue weighted by Gasteiger charge is -2.07. The van der Waals surface area contributed by atoms with Crippen LogP contribution >= 0.6 is 11.6 Å². The lowest BCUT2D eigenvalue weighted by molar-refractivity contribution is -0.123. The molecule has 2 atom stereocenters. The van der Waals surface area contributed by atoms with E-state index in [1.165, 1.54) is 6.20 Å². The zero-order valence-corrected chi connectivity index (χ0v) is 12.4. The average molecular weight is 316 g/mol. The van der Waals surface area contributed by atoms with Crippen LogP contribution in [0.4, 0.5) is 0 Å². The maximum absolute atomic E-state index is 12.0. The Morgan fingerprint density at radius 1 is 1.09 bits per heavy atom. The van der Waals surface area contributed by atoms with Crippen molar-refractivity contribution in [1.29, 1.82) is 0 Å². The lowest BCUT2D eigenvalue weighted by atomic mass is 10.1. The van der Waals surface area contributed by atoms with E-state index in [1.54, 1.807) is 18.2 Å². The maximum Gasteiger partial charge on any atom is 0.288 e. The Hall–Kier alpha value is -2.40. The van der Waals surface area contributed by atoms with Crippen LogP contribution in [-0.2, 0) is 4.79 Å². The second-order valence-corrected chi connectivity index (χ2v) is 5.54. The molecule has 22 heavy (non-hydrogen) atoms. The number of carbonyl (C=O) groups is 2. The second kappa shape index (κ2) is 6.15. The summed E-state index contributed by atoms with van der Waals surface area (Å²) in [5, 5.41) is 0.667. The fourth-order valence-corrected chi connectivity index (χ4v) is 2.65. The van der Waals surface area contributed by atoms with Crippen molar-refractivity contribution in [1.82, 2.24) is 15.8 Å². The predicted octanol–water partition coefficient (Wildman–Crippen LogP) is 2.30. The first-order chi connectivity index (χ1) is 10.7. The first-order valence-electron chi connectivity index (χ1n) is 6.92. The van der Waals surface area contributed by atoms with Crippen molar-refractivity contribution in [3.8, 4) is 0 Å². The van der Waals surface area contributed by atoms with Crippen LogP contribution in [0.1, 0.15) is 28.4 Å². The summed E-state index contributed by atoms with van der Waals surface area (Å²) in [6.07, 6.45) is 2.25. The molecule has 2 amide bonds. The van der Waals surface area contributed by atoms with E-state index in [0.29, 0.717) is 5.02 Å². The quantitative estimate of drug-likeness (QED) is 0.854. The minimum absolute atomic E-state index is 0.112. The molecule has 0 bridgehead atoms. The van der Waals surface area contributed by atoms with Gasteiger partial charge < -0.3 is 0 Å². The van der Waals surface area contributed by atoms with Crippen molar-refractivity contribution in [2.45, 2.75) is 12.3 Å². The van der Waals surface area contributed by atoms with Crippen molar-refractivity contribution < 1.29 is 9.59 Å². The van der Waals surface area contributed by atoms with Gasteiger partial charge in [0.1, 0.15) is 5.69 Å². The zero-order valence-electron chi connectivity index (χ0n) is 11.6. The van der Waals surface area contributed by atoms with Gasteiger partial charge in [-0.1, -0.05) is 35.9 Å². The number of amides is 2. The Labute approximate surface area is 132 Å². The molecule has 2 unspecified atom stereocenters. The maximum atomic E-state index is 12.0. The number of aromatic nitrogens is 1. The van der Waals surface area contributed by atoms with Crippen LogP contribution in [0.3, 0.4) is 0 Å². The minimum atomic E-state index is -0.441. The van der Waals surface area contributed by atoms with Crippen LogP contribution in [0.5, 0.6) is 0 Å². The van der Waals surface area contributed by atoms with E-state index in [0.717, 1.165) is 12.0 Å². The van der Waals surface area contributed by atoms with Gasteiger partial charge in [-0.2, -0.15) is 0 Å². The molecule has 6 heteroatoms. The Bertz CT molecular complexity index is 706. The van der Waals surface area contributed by atoms with Gasteiger partial charge in [-0.05, 0) is 36.1 Å². The first kappa shape index (κ1) is 14.5. The van der Waals surface area contributed by atoms with E-state index in [2.05, 4.69) is 15.8 Å². The van der Waals surface area contributed by atoms with E-state index in [4.69, 9.17) is 11.6 Å². The van der Waals surface area contributed by atoms with Gasteiger partial charge in [0.05, 0.1) is 0 Å². The molecule has 0 spiro atoms. The SMILES string of the molecule is O=C(NNC(=O)C1CC1c1ccccc1Cl)c1ccccn1. The summed E-state index contributed by atoms with van der Waals surface area (Å²) in [6.45, 7) is 0. The molecule has 2 N–H and O–H groups in total. The Morgan fingerprint density at radius 3 is 2.59 bits per heavy atom. The molecule has 1 fully saturated rings. The number of rotatable bonds is 3. The van der Waals surface area contributed by atoms with Crippen molar-refractivity contribution in [3.63, 3.8) is 0 Å². The fraction of sp³-hybridized carbons (Fsp3) is 0.188. The molecule has 5 nitrogen and oxygen atoms in total. The molecule has 0 saturated heterocycles. The van der Waals surface area contributed by atoms with E-state index in [-0.39, 0.29) is 23.4 Å². The summed E-state index contributed by atoms with van der Waals surface area (Å²) in [5.41, 5.74) is 6.04. The number of nitrogens with zero attached hydrogens (tertiary/aromatic N) is 1. The molecule has 1 aromatic heterocycles. The fourth-order valence-electron chi connectivity index (χ4n) is 2.38. The molecular formula is C16H14ClN3O2. The monoisotopic (exact) mass is 315 g/mol. The molecule has 1 aliphatic rings. The molecule has 3 rings (SSSR count). The molecular weight excluding hydrogens is 302 g/mol. The number of hydrogen-bond donors (Lipinski definition) is 2. The third-order valence-corrected chi connectivity index (χ3v) is 3.97. The number of hydrazine groups is 1. The zero-order chi connectivity index (χ0) is 15.5. The van der Waals surface area contributed by atoms with Crippen LogP contribution in [0, 0.1) is 5.92 Å². The third-order valence-electron chi connectivity index (χ3n) is 3.63. The standard InChI is InChI=1S/C16H14ClN3O2/c17-13-6-2-1-5-10(13)11-9-12(11)15(21)19-20-16(22)14-7-3-4-8-18-14/h1-8,11-12H,9H2,(H,19,21)(H,20,22). The van der Waals surface area contributed by atoms with E-state index in [9.17, 15) is 9.59 Å². The molecule has 1 aromatic carbocycles. The van der Waals surface area contributed by atoms with Crippen molar-refractivity contribution >= 4 is 23.4 Å². The summed E-state index contributed by atoms with van der Waals surface area (Å²) in [4.78, 5) is 27.7. The molecule has 2 aromatic rings. The molecule has 1 saturated carbocycles. The minimum Gasteiger partial charge on any atom is -0.273 e. The van der Waals surface area contributed by atoms with Gasteiger partial charge in [0.2, 0.25) is 5.91 Å². The summed E-state index contributed by atoms with van der Waals surface area (Å²) >= 11 is 6.13. The summed E-state index contributed by atoms with van der Waals surface area (Å²) < 4.78 is 0. The highest BCUT2D eigenvalue weighted by Crippen LogP contribution is 2.49. The number of nitrogens with one attached hydrogen (secondary N) is 2. The predicted molar refractivity (Wildman–Crippen MR) is 82.1 cm³/mol. The first-order valence-corrected chi connectivity index (χ1v) is 7.30. The third kappa shape index (κ3) is 3.09. The summed E-state index contributed by atoms with van der Waals surface area (Å²) in [6, 6.07) is 12.5. The van der Waals surface area contributed by atoms with Crippen molar-refractivity contribution in [3.05, 3.63) is 64.9 Å². The Balaban J connectivity index is 1.54. The van der Waals surface area contributed by atoms with Crippen molar-refractivity contribution in [2.75, 3.05) is 0 Å². The molecule has 0 radical (unpaired) electrons. The van der Waals surface area contributed by atoms with Crippen LogP contribution in [0.15, 0.2) is 48.7 Å². The van der Waals surface area contributed by atoms with Crippen LogP contribution in [0.2, 0.25) is 5.02 Å². The van der Waals surface area contributed by atoms with E-state index < -0.39 is 5.91 Å². The summed E-state index contributed by atoms with van der Waals surface area (Å²) in [7, 11) is 0. The number of pyridine rings is 1. The highest BCUT2D eigenvalue weighted by Gasteiger charge is 2.44. The topological polar surface area (TPSA) is 71.1 Å². The van der Waals surface area contributed by atoms with E-state index in [1.807, 2.05) is 24.3 Å². The molecule has 1 heterocycles. The Kier molecular flexibility index (Phi) is 4.06. The highest BCUT2D eigenvalue weighted by molar-refractivity contribution is 6.31. The molecule has 112 valence electrons. The second-order valence-electron chi connectivity index (χ2n) is 5.13. The smallest absolute Gasteiger partial charge is 0.273 e. The Morgan fingerprint density at radius 2 is 1.86 bits per heavy atom. The van der Waals surface area contributed by atoms with Gasteiger partial charge in [0, 0.05) is 17.1 Å². The van der Waals surface area contributed by atoms with Gasteiger partial charge in [0.15, 0.2) is 0 Å².